The first-order valence-electron chi connectivity index (χ1n) is 8.72. The number of halogens is 1. The first kappa shape index (κ1) is 19.7. The van der Waals surface area contributed by atoms with Gasteiger partial charge in [0.05, 0.1) is 10.4 Å². The van der Waals surface area contributed by atoms with Crippen molar-refractivity contribution in [3.8, 4) is 11.3 Å². The van der Waals surface area contributed by atoms with E-state index in [1.54, 1.807) is 6.20 Å². The van der Waals surface area contributed by atoms with E-state index in [-0.39, 0.29) is 5.69 Å². The number of nitrogens with zero attached hydrogens (tertiary/aromatic N) is 3. The molecule has 3 aromatic rings. The van der Waals surface area contributed by atoms with Crippen molar-refractivity contribution >= 4 is 40.6 Å². The number of pyridine rings is 1. The van der Waals surface area contributed by atoms with Gasteiger partial charge in [0.25, 0.3) is 5.69 Å². The highest BCUT2D eigenvalue weighted by Gasteiger charge is 2.20. The first-order chi connectivity index (χ1) is 12.8. The van der Waals surface area contributed by atoms with E-state index in [0.29, 0.717) is 16.9 Å². The summed E-state index contributed by atoms with van der Waals surface area (Å²) in [5, 5.41) is 12.4. The van der Waals surface area contributed by atoms with Crippen molar-refractivity contribution in [2.75, 3.05) is 6.61 Å². The molecule has 142 valence electrons. The average Bonchev–Trinajstić information content (AvgIpc) is 3.01. The number of rotatable bonds is 7. The van der Waals surface area contributed by atoms with Gasteiger partial charge in [0.15, 0.2) is 0 Å². The summed E-state index contributed by atoms with van der Waals surface area (Å²) >= 11 is 3.26. The topological polar surface area (TPSA) is 70.2 Å². The molecule has 6 nitrogen and oxygen atoms in total. The lowest BCUT2D eigenvalue weighted by atomic mass is 10.1. The molecule has 0 amide bonds. The van der Waals surface area contributed by atoms with E-state index in [4.69, 9.17) is 4.74 Å². The van der Waals surface area contributed by atoms with Crippen LogP contribution < -0.4 is 0 Å². The summed E-state index contributed by atoms with van der Waals surface area (Å²) < 4.78 is 8.46. The Balaban J connectivity index is 1.92. The third kappa shape index (κ3) is 4.63. The van der Waals surface area contributed by atoms with Crippen LogP contribution in [0.3, 0.4) is 0 Å². The van der Waals surface area contributed by atoms with E-state index in [2.05, 4.69) is 40.6 Å². The van der Waals surface area contributed by atoms with Crippen LogP contribution in [0, 0.1) is 10.1 Å². The zero-order valence-electron chi connectivity index (χ0n) is 15.6. The van der Waals surface area contributed by atoms with E-state index in [1.807, 2.05) is 35.0 Å². The van der Waals surface area contributed by atoms with Gasteiger partial charge in [-0.25, -0.2) is 4.98 Å². The van der Waals surface area contributed by atoms with Gasteiger partial charge in [-0.1, -0.05) is 31.8 Å². The Morgan fingerprint density at radius 1 is 1.30 bits per heavy atom. The van der Waals surface area contributed by atoms with Crippen LogP contribution in [-0.4, -0.2) is 29.2 Å². The third-order valence-electron chi connectivity index (χ3n) is 4.33. The second-order valence-electron chi connectivity index (χ2n) is 7.65. The molecule has 0 radical (unpaired) electrons. The standard InChI is InChI=1S/C19H22BrN3O3Si/c1-27(2,3)10-9-26-13-22-8-7-15-16(5-4-6-17(15)22)19-18(23(24)25)11-14(20)12-21-19/h4-8,11-12H,9-10,13H2,1-3H3. The minimum Gasteiger partial charge on any atom is -0.361 e. The fourth-order valence-corrected chi connectivity index (χ4v) is 3.93. The fraction of sp³-hybridized carbons (Fsp3) is 0.316. The SMILES string of the molecule is C[Si](C)(C)CCOCn1ccc2c(-c3ncc(Br)cc3[N+](=O)[O-])cccc21. The Labute approximate surface area is 167 Å². The molecule has 0 fully saturated rings. The lowest BCUT2D eigenvalue weighted by molar-refractivity contribution is -0.384. The van der Waals surface area contributed by atoms with Crippen LogP contribution >= 0.6 is 15.9 Å². The van der Waals surface area contributed by atoms with Gasteiger partial charge in [0.1, 0.15) is 12.4 Å². The van der Waals surface area contributed by atoms with Crippen LogP contribution in [0.25, 0.3) is 22.2 Å². The van der Waals surface area contributed by atoms with Gasteiger partial charge in [-0.05, 0) is 34.1 Å². The molecule has 0 aliphatic rings. The number of fused-ring (bicyclic) bond motifs is 1. The highest BCUT2D eigenvalue weighted by atomic mass is 79.9. The van der Waals surface area contributed by atoms with Gasteiger partial charge >= 0.3 is 0 Å². The van der Waals surface area contributed by atoms with Gasteiger partial charge in [0, 0.05) is 48.6 Å². The van der Waals surface area contributed by atoms with Gasteiger partial charge < -0.3 is 9.30 Å². The molecule has 3 rings (SSSR count). The van der Waals surface area contributed by atoms with Crippen molar-refractivity contribution < 1.29 is 9.66 Å². The molecule has 0 saturated heterocycles. The predicted octanol–water partition coefficient (Wildman–Crippen LogP) is 5.69. The van der Waals surface area contributed by atoms with Gasteiger partial charge in [0.2, 0.25) is 0 Å². The molecule has 0 N–H and O–H groups in total. The number of benzene rings is 1. The number of hydrogen-bond acceptors (Lipinski definition) is 4. The molecule has 0 aliphatic heterocycles. The molecule has 2 heterocycles. The van der Waals surface area contributed by atoms with Crippen molar-refractivity contribution in [3.63, 3.8) is 0 Å². The normalized spacial score (nSPS) is 11.9. The molecular weight excluding hydrogens is 426 g/mol. The largest absolute Gasteiger partial charge is 0.361 e. The zero-order valence-corrected chi connectivity index (χ0v) is 18.2. The van der Waals surface area contributed by atoms with Crippen molar-refractivity contribution in [2.24, 2.45) is 0 Å². The summed E-state index contributed by atoms with van der Waals surface area (Å²) in [6, 6.07) is 10.3. The zero-order chi connectivity index (χ0) is 19.6. The van der Waals surface area contributed by atoms with E-state index < -0.39 is 13.0 Å². The van der Waals surface area contributed by atoms with Crippen LogP contribution in [-0.2, 0) is 11.5 Å². The van der Waals surface area contributed by atoms with Gasteiger partial charge in [-0.3, -0.25) is 10.1 Å². The summed E-state index contributed by atoms with van der Waals surface area (Å²) in [6.07, 6.45) is 3.53. The number of aromatic nitrogens is 2. The summed E-state index contributed by atoms with van der Waals surface area (Å²) in [5.41, 5.74) is 2.06. The van der Waals surface area contributed by atoms with Gasteiger partial charge in [-0.15, -0.1) is 0 Å². The molecule has 27 heavy (non-hydrogen) atoms. The molecule has 2 aromatic heterocycles. The highest BCUT2D eigenvalue weighted by Crippen LogP contribution is 2.35. The molecule has 8 heteroatoms. The van der Waals surface area contributed by atoms with Crippen LogP contribution in [0.4, 0.5) is 5.69 Å². The molecule has 0 bridgehead atoms. The monoisotopic (exact) mass is 447 g/mol. The molecule has 0 atom stereocenters. The van der Waals surface area contributed by atoms with Crippen LogP contribution in [0.15, 0.2) is 47.2 Å². The smallest absolute Gasteiger partial charge is 0.296 e. The first-order valence-corrected chi connectivity index (χ1v) is 13.2. The molecule has 0 aliphatic carbocycles. The summed E-state index contributed by atoms with van der Waals surface area (Å²) in [5.74, 6) is 0. The minimum absolute atomic E-state index is 0.0176. The van der Waals surface area contributed by atoms with Crippen LogP contribution in [0.1, 0.15) is 0 Å². The highest BCUT2D eigenvalue weighted by molar-refractivity contribution is 9.10. The Bertz CT molecular complexity index is 982. The lowest BCUT2D eigenvalue weighted by Crippen LogP contribution is -2.21. The Morgan fingerprint density at radius 2 is 2.07 bits per heavy atom. The number of nitro groups is 1. The molecule has 0 unspecified atom stereocenters. The van der Waals surface area contributed by atoms with E-state index in [0.717, 1.165) is 29.1 Å². The summed E-state index contributed by atoms with van der Waals surface area (Å²) in [4.78, 5) is 15.4. The molecule has 1 aromatic carbocycles. The van der Waals surface area contributed by atoms with Crippen LogP contribution in [0.2, 0.25) is 25.7 Å². The molecule has 0 saturated carbocycles. The Morgan fingerprint density at radius 3 is 2.78 bits per heavy atom. The predicted molar refractivity (Wildman–Crippen MR) is 114 cm³/mol. The maximum atomic E-state index is 11.5. The molecular formula is C19H22BrN3O3Si. The summed E-state index contributed by atoms with van der Waals surface area (Å²) in [6.45, 7) is 8.19. The van der Waals surface area contributed by atoms with Crippen molar-refractivity contribution in [2.45, 2.75) is 32.4 Å². The number of hydrogen-bond donors (Lipinski definition) is 0. The Hall–Kier alpha value is -2.03. The Kier molecular flexibility index (Phi) is 5.78. The van der Waals surface area contributed by atoms with Crippen molar-refractivity contribution in [1.29, 1.82) is 0 Å². The fourth-order valence-electron chi connectivity index (χ4n) is 2.86. The van der Waals surface area contributed by atoms with E-state index in [9.17, 15) is 10.1 Å². The number of ether oxygens (including phenoxy) is 1. The maximum Gasteiger partial charge on any atom is 0.296 e. The van der Waals surface area contributed by atoms with E-state index >= 15 is 0 Å². The van der Waals surface area contributed by atoms with Crippen molar-refractivity contribution in [3.05, 3.63) is 57.3 Å². The minimum atomic E-state index is -1.12. The van der Waals surface area contributed by atoms with Crippen LogP contribution in [0.5, 0.6) is 0 Å². The second kappa shape index (κ2) is 7.91. The molecule has 0 spiro atoms. The average molecular weight is 448 g/mol. The second-order valence-corrected chi connectivity index (χ2v) is 14.2. The summed E-state index contributed by atoms with van der Waals surface area (Å²) in [7, 11) is -1.12. The third-order valence-corrected chi connectivity index (χ3v) is 6.46. The maximum absolute atomic E-state index is 11.5. The van der Waals surface area contributed by atoms with Crippen molar-refractivity contribution in [1.82, 2.24) is 9.55 Å². The quantitative estimate of drug-likeness (QED) is 0.202. The van der Waals surface area contributed by atoms with E-state index in [1.165, 1.54) is 6.07 Å². The lowest BCUT2D eigenvalue weighted by Gasteiger charge is -2.15. The van der Waals surface area contributed by atoms with Gasteiger partial charge in [-0.2, -0.15) is 0 Å².